The number of benzene rings is 1. The van der Waals surface area contributed by atoms with Crippen molar-refractivity contribution in [3.05, 3.63) is 34.9 Å². The lowest BCUT2D eigenvalue weighted by molar-refractivity contribution is 1.40. The van der Waals surface area contributed by atoms with Gasteiger partial charge in [0, 0.05) is 17.0 Å². The van der Waals surface area contributed by atoms with E-state index < -0.39 is 0 Å². The van der Waals surface area contributed by atoms with Crippen molar-refractivity contribution in [2.45, 2.75) is 5.88 Å². The lowest BCUT2D eigenvalue weighted by Gasteiger charge is -1.91. The monoisotopic (exact) mass is 159 g/mol. The average Bonchev–Trinajstić information content (AvgIpc) is 1.90. The lowest BCUT2D eigenvalue weighted by atomic mass is 10.2. The van der Waals surface area contributed by atoms with Gasteiger partial charge in [-0.2, -0.15) is 0 Å². The highest BCUT2D eigenvalue weighted by molar-refractivity contribution is 6.30. The van der Waals surface area contributed by atoms with Crippen LogP contribution in [0.3, 0.4) is 0 Å². The molecule has 1 aromatic carbocycles. The zero-order valence-corrected chi connectivity index (χ0v) is 6.21. The Labute approximate surface area is 64.4 Å². The Morgan fingerprint density at radius 3 is 2.67 bits per heavy atom. The summed E-state index contributed by atoms with van der Waals surface area (Å²) in [6, 6.07) is 8.28. The molecule has 9 heavy (non-hydrogen) atoms. The Hall–Kier alpha value is -0.200. The summed E-state index contributed by atoms with van der Waals surface area (Å²) in [6.45, 7) is 0. The Morgan fingerprint density at radius 1 is 1.44 bits per heavy atom. The third kappa shape index (κ3) is 1.88. The molecule has 0 bridgehead atoms. The molecule has 0 aliphatic rings. The largest absolute Gasteiger partial charge is 0.122 e. The van der Waals surface area contributed by atoms with Crippen LogP contribution in [0.4, 0.5) is 0 Å². The number of halogens is 2. The molecule has 0 aliphatic carbocycles. The molecule has 0 saturated carbocycles. The Balaban J connectivity index is 2.88. The SMILES string of the molecule is ClCc1c[c]c(Cl)cc1. The van der Waals surface area contributed by atoms with E-state index in [-0.39, 0.29) is 0 Å². The van der Waals surface area contributed by atoms with Gasteiger partial charge in [-0.05, 0) is 17.7 Å². The molecular formula is C7H5Cl2. The van der Waals surface area contributed by atoms with Crippen LogP contribution in [0.1, 0.15) is 5.56 Å². The maximum atomic E-state index is 5.57. The molecule has 0 N–H and O–H groups in total. The van der Waals surface area contributed by atoms with Crippen molar-refractivity contribution in [1.82, 2.24) is 0 Å². The second-order valence-electron chi connectivity index (χ2n) is 1.68. The zero-order chi connectivity index (χ0) is 6.69. The smallest absolute Gasteiger partial charge is 0.0485 e. The maximum absolute atomic E-state index is 5.57. The molecule has 1 aromatic rings. The second kappa shape index (κ2) is 3.09. The summed E-state index contributed by atoms with van der Waals surface area (Å²) in [5.74, 6) is 0.521. The minimum Gasteiger partial charge on any atom is -0.122 e. The summed E-state index contributed by atoms with van der Waals surface area (Å²) in [4.78, 5) is 0. The molecule has 0 spiro atoms. The van der Waals surface area contributed by atoms with Gasteiger partial charge in [0.1, 0.15) is 0 Å². The number of hydrogen-bond acceptors (Lipinski definition) is 0. The topological polar surface area (TPSA) is 0 Å². The average molecular weight is 160 g/mol. The van der Waals surface area contributed by atoms with E-state index in [0.717, 1.165) is 5.56 Å². The molecule has 1 rings (SSSR count). The van der Waals surface area contributed by atoms with Crippen molar-refractivity contribution in [2.75, 3.05) is 0 Å². The number of hydrogen-bond donors (Lipinski definition) is 0. The summed E-state index contributed by atoms with van der Waals surface area (Å²) >= 11 is 11.1. The van der Waals surface area contributed by atoms with Gasteiger partial charge in [0.25, 0.3) is 0 Å². The molecule has 0 saturated heterocycles. The van der Waals surface area contributed by atoms with Crippen LogP contribution in [0.5, 0.6) is 0 Å². The van der Waals surface area contributed by atoms with Crippen molar-refractivity contribution in [3.63, 3.8) is 0 Å². The predicted octanol–water partition coefficient (Wildman–Crippen LogP) is 2.88. The van der Waals surface area contributed by atoms with E-state index in [1.807, 2.05) is 6.07 Å². The maximum Gasteiger partial charge on any atom is 0.0485 e. The number of alkyl halides is 1. The highest BCUT2D eigenvalue weighted by Crippen LogP contribution is 2.09. The van der Waals surface area contributed by atoms with Crippen LogP contribution in [-0.2, 0) is 5.88 Å². The summed E-state index contributed by atoms with van der Waals surface area (Å²) in [5.41, 5.74) is 1.04. The predicted molar refractivity (Wildman–Crippen MR) is 39.8 cm³/mol. The van der Waals surface area contributed by atoms with E-state index in [1.165, 1.54) is 0 Å². The summed E-state index contributed by atoms with van der Waals surface area (Å²) in [6.07, 6.45) is 0. The van der Waals surface area contributed by atoms with E-state index in [9.17, 15) is 0 Å². The molecule has 0 aromatic heterocycles. The van der Waals surface area contributed by atoms with Crippen LogP contribution >= 0.6 is 23.2 Å². The zero-order valence-electron chi connectivity index (χ0n) is 4.70. The van der Waals surface area contributed by atoms with Gasteiger partial charge < -0.3 is 0 Å². The first-order valence-electron chi connectivity index (χ1n) is 2.55. The van der Waals surface area contributed by atoms with E-state index in [1.54, 1.807) is 12.1 Å². The quantitative estimate of drug-likeness (QED) is 0.554. The molecule has 0 unspecified atom stereocenters. The third-order valence-electron chi connectivity index (χ3n) is 0.993. The molecule has 0 fully saturated rings. The third-order valence-corrected chi connectivity index (χ3v) is 1.54. The fourth-order valence-corrected chi connectivity index (χ4v) is 0.805. The van der Waals surface area contributed by atoms with Crippen LogP contribution in [0.15, 0.2) is 18.2 Å². The first-order chi connectivity index (χ1) is 4.33. The van der Waals surface area contributed by atoms with Crippen molar-refractivity contribution in [2.24, 2.45) is 0 Å². The van der Waals surface area contributed by atoms with E-state index >= 15 is 0 Å². The first-order valence-corrected chi connectivity index (χ1v) is 3.46. The fraction of sp³-hybridized carbons (Fsp3) is 0.143. The first kappa shape index (κ1) is 6.91. The van der Waals surface area contributed by atoms with E-state index in [0.29, 0.717) is 10.9 Å². The van der Waals surface area contributed by atoms with Crippen molar-refractivity contribution in [3.8, 4) is 0 Å². The van der Waals surface area contributed by atoms with Gasteiger partial charge in [-0.15, -0.1) is 11.6 Å². The van der Waals surface area contributed by atoms with E-state index in [4.69, 9.17) is 23.2 Å². The van der Waals surface area contributed by atoms with Gasteiger partial charge in [0.15, 0.2) is 0 Å². The molecular weight excluding hydrogens is 155 g/mol. The number of rotatable bonds is 1. The summed E-state index contributed by atoms with van der Waals surface area (Å²) in [5, 5.41) is 0.629. The van der Waals surface area contributed by atoms with Crippen LogP contribution in [0.25, 0.3) is 0 Å². The minimum atomic E-state index is 0.521. The Bertz CT molecular complexity index is 179. The summed E-state index contributed by atoms with van der Waals surface area (Å²) < 4.78 is 0. The molecule has 0 nitrogen and oxygen atoms in total. The minimum absolute atomic E-state index is 0.521. The highest BCUT2D eigenvalue weighted by atomic mass is 35.5. The van der Waals surface area contributed by atoms with Gasteiger partial charge in [-0.1, -0.05) is 17.7 Å². The van der Waals surface area contributed by atoms with Crippen molar-refractivity contribution < 1.29 is 0 Å². The standard InChI is InChI=1S/C7H5Cl2/c8-5-6-1-3-7(9)4-2-6/h1-3H,5H2. The Morgan fingerprint density at radius 2 is 2.22 bits per heavy atom. The van der Waals surface area contributed by atoms with Crippen molar-refractivity contribution in [1.29, 1.82) is 0 Å². The van der Waals surface area contributed by atoms with Crippen LogP contribution in [-0.4, -0.2) is 0 Å². The second-order valence-corrected chi connectivity index (χ2v) is 2.35. The van der Waals surface area contributed by atoms with Gasteiger partial charge in [0.2, 0.25) is 0 Å². The Kier molecular flexibility index (Phi) is 2.38. The fourth-order valence-electron chi connectivity index (χ4n) is 0.521. The van der Waals surface area contributed by atoms with E-state index in [2.05, 4.69) is 6.07 Å². The molecule has 47 valence electrons. The summed E-state index contributed by atoms with van der Waals surface area (Å²) in [7, 11) is 0. The van der Waals surface area contributed by atoms with Crippen LogP contribution in [0.2, 0.25) is 5.02 Å². The normalized spacial score (nSPS) is 9.56. The highest BCUT2D eigenvalue weighted by Gasteiger charge is 1.88. The van der Waals surface area contributed by atoms with Gasteiger partial charge in [0.05, 0.1) is 0 Å². The van der Waals surface area contributed by atoms with Crippen molar-refractivity contribution >= 4 is 23.2 Å². The molecule has 0 atom stereocenters. The molecule has 0 heterocycles. The molecule has 2 heteroatoms. The van der Waals surface area contributed by atoms with Gasteiger partial charge >= 0.3 is 0 Å². The van der Waals surface area contributed by atoms with Crippen LogP contribution in [0, 0.1) is 6.07 Å². The molecule has 1 radical (unpaired) electrons. The molecule has 0 aliphatic heterocycles. The molecule has 0 amide bonds. The van der Waals surface area contributed by atoms with Gasteiger partial charge in [-0.25, -0.2) is 0 Å². The lowest BCUT2D eigenvalue weighted by Crippen LogP contribution is -1.73. The van der Waals surface area contributed by atoms with Gasteiger partial charge in [-0.3, -0.25) is 0 Å². The van der Waals surface area contributed by atoms with Crippen LogP contribution < -0.4 is 0 Å².